The molecule has 0 radical (unpaired) electrons. The molecule has 1 fully saturated rings. The predicted molar refractivity (Wildman–Crippen MR) is 87.7 cm³/mol. The number of primary amides is 1. The van der Waals surface area contributed by atoms with E-state index in [1.807, 2.05) is 0 Å². The van der Waals surface area contributed by atoms with Gasteiger partial charge in [-0.25, -0.2) is 9.18 Å². The van der Waals surface area contributed by atoms with Crippen molar-refractivity contribution in [3.05, 3.63) is 35.6 Å². The maximum Gasteiger partial charge on any atom is 0.312 e. The van der Waals surface area contributed by atoms with Crippen LogP contribution in [0.4, 0.5) is 9.18 Å². The second-order valence-corrected chi connectivity index (χ2v) is 5.85. The van der Waals surface area contributed by atoms with Crippen molar-refractivity contribution >= 4 is 11.9 Å². The Morgan fingerprint density at radius 1 is 1.25 bits per heavy atom. The number of morpholine rings is 1. The number of nitrogens with one attached hydrogen (secondary N) is 1. The maximum atomic E-state index is 13.0. The molecule has 3 amide bonds. The molecule has 1 unspecified atom stereocenters. The molecule has 24 heavy (non-hydrogen) atoms. The average Bonchev–Trinajstić information content (AvgIpc) is 2.58. The highest BCUT2D eigenvalue weighted by atomic mass is 19.1. The molecule has 0 saturated carbocycles. The Kier molecular flexibility index (Phi) is 6.99. The topological polar surface area (TPSA) is 84.7 Å². The zero-order valence-electron chi connectivity index (χ0n) is 13.7. The van der Waals surface area contributed by atoms with Gasteiger partial charge in [0.2, 0.25) is 5.91 Å². The van der Waals surface area contributed by atoms with Gasteiger partial charge in [0.1, 0.15) is 11.9 Å². The van der Waals surface area contributed by atoms with Gasteiger partial charge in [-0.2, -0.15) is 0 Å². The summed E-state index contributed by atoms with van der Waals surface area (Å²) in [6.07, 6.45) is 2.71. The van der Waals surface area contributed by atoms with Gasteiger partial charge in [0.05, 0.1) is 13.2 Å². The third kappa shape index (κ3) is 5.81. The first kappa shape index (κ1) is 18.2. The van der Waals surface area contributed by atoms with E-state index in [9.17, 15) is 14.0 Å². The molecule has 3 N–H and O–H groups in total. The average molecular weight is 337 g/mol. The summed E-state index contributed by atoms with van der Waals surface area (Å²) in [5.41, 5.74) is 5.86. The Bertz CT molecular complexity index is 551. The first-order valence-corrected chi connectivity index (χ1v) is 8.24. The van der Waals surface area contributed by atoms with Crippen LogP contribution >= 0.6 is 0 Å². The molecule has 0 spiro atoms. The maximum absolute atomic E-state index is 13.0. The number of halogens is 1. The lowest BCUT2D eigenvalue weighted by molar-refractivity contribution is -0.139. The summed E-state index contributed by atoms with van der Waals surface area (Å²) < 4.78 is 18.7. The Labute approximate surface area is 141 Å². The lowest BCUT2D eigenvalue weighted by Gasteiger charge is -2.33. The first-order valence-electron chi connectivity index (χ1n) is 8.24. The van der Waals surface area contributed by atoms with Crippen LogP contribution in [0, 0.1) is 5.82 Å². The summed E-state index contributed by atoms with van der Waals surface area (Å²) in [5.74, 6) is -0.179. The Morgan fingerprint density at radius 3 is 2.71 bits per heavy atom. The zero-order valence-corrected chi connectivity index (χ0v) is 13.7. The minimum Gasteiger partial charge on any atom is -0.370 e. The van der Waals surface area contributed by atoms with E-state index in [-0.39, 0.29) is 17.8 Å². The van der Waals surface area contributed by atoms with E-state index in [0.29, 0.717) is 32.7 Å². The minimum absolute atomic E-state index is 0.105. The molecule has 2 rings (SSSR count). The first-order chi connectivity index (χ1) is 11.6. The van der Waals surface area contributed by atoms with Gasteiger partial charge in [-0.1, -0.05) is 18.6 Å². The van der Waals surface area contributed by atoms with Crippen molar-refractivity contribution in [3.8, 4) is 0 Å². The number of urea groups is 1. The number of nitrogens with zero attached hydrogens (tertiary/aromatic N) is 1. The van der Waals surface area contributed by atoms with Gasteiger partial charge < -0.3 is 20.7 Å². The third-order valence-corrected chi connectivity index (χ3v) is 4.03. The number of rotatable bonds is 7. The minimum atomic E-state index is -0.522. The van der Waals surface area contributed by atoms with Gasteiger partial charge in [-0.3, -0.25) is 4.79 Å². The van der Waals surface area contributed by atoms with Crippen LogP contribution in [0.1, 0.15) is 37.4 Å². The van der Waals surface area contributed by atoms with Crippen LogP contribution in [0.3, 0.4) is 0 Å². The van der Waals surface area contributed by atoms with Crippen LogP contribution in [0.5, 0.6) is 0 Å². The summed E-state index contributed by atoms with van der Waals surface area (Å²) in [6, 6.07) is 5.67. The molecule has 1 heterocycles. The zero-order chi connectivity index (χ0) is 17.4. The van der Waals surface area contributed by atoms with Crippen LogP contribution < -0.4 is 11.1 Å². The van der Waals surface area contributed by atoms with Gasteiger partial charge in [0.25, 0.3) is 0 Å². The monoisotopic (exact) mass is 337 g/mol. The van der Waals surface area contributed by atoms with Gasteiger partial charge in [-0.05, 0) is 30.5 Å². The quantitative estimate of drug-likeness (QED) is 0.746. The summed E-state index contributed by atoms with van der Waals surface area (Å²) in [4.78, 5) is 24.6. The van der Waals surface area contributed by atoms with E-state index < -0.39 is 6.03 Å². The van der Waals surface area contributed by atoms with Crippen molar-refractivity contribution in [2.75, 3.05) is 26.2 Å². The largest absolute Gasteiger partial charge is 0.370 e. The van der Waals surface area contributed by atoms with Gasteiger partial charge in [0.15, 0.2) is 0 Å². The Morgan fingerprint density at radius 2 is 2.00 bits per heavy atom. The molecule has 6 nitrogen and oxygen atoms in total. The van der Waals surface area contributed by atoms with Crippen LogP contribution in [-0.4, -0.2) is 43.1 Å². The summed E-state index contributed by atoms with van der Waals surface area (Å²) in [6.45, 7) is 2.09. The number of carbonyl (C=O) groups excluding carboxylic acids is 2. The highest BCUT2D eigenvalue weighted by molar-refractivity contribution is 5.76. The summed E-state index contributed by atoms with van der Waals surface area (Å²) in [7, 11) is 0. The van der Waals surface area contributed by atoms with Crippen molar-refractivity contribution in [1.29, 1.82) is 0 Å². The van der Waals surface area contributed by atoms with Crippen molar-refractivity contribution in [1.82, 2.24) is 10.2 Å². The summed E-state index contributed by atoms with van der Waals surface area (Å²) >= 11 is 0. The van der Waals surface area contributed by atoms with E-state index in [1.54, 1.807) is 17.0 Å². The fourth-order valence-electron chi connectivity index (χ4n) is 2.70. The molecule has 0 bridgehead atoms. The second kappa shape index (κ2) is 9.22. The molecule has 1 atom stereocenters. The lowest BCUT2D eigenvalue weighted by Crippen LogP contribution is -2.42. The van der Waals surface area contributed by atoms with Crippen LogP contribution in [0.2, 0.25) is 0 Å². The van der Waals surface area contributed by atoms with E-state index in [2.05, 4.69) is 5.32 Å². The van der Waals surface area contributed by atoms with Crippen LogP contribution in [0.15, 0.2) is 24.3 Å². The highest BCUT2D eigenvalue weighted by Crippen LogP contribution is 2.23. The molecule has 0 aliphatic carbocycles. The number of benzene rings is 1. The summed E-state index contributed by atoms with van der Waals surface area (Å²) in [5, 5.41) is 2.53. The molecular weight excluding hydrogens is 313 g/mol. The predicted octanol–water partition coefficient (Wildman–Crippen LogP) is 1.95. The Balaban J connectivity index is 1.72. The lowest BCUT2D eigenvalue weighted by atomic mass is 10.1. The number of ether oxygens (including phenoxy) is 1. The third-order valence-electron chi connectivity index (χ3n) is 4.03. The Hall–Kier alpha value is -2.15. The van der Waals surface area contributed by atoms with Gasteiger partial charge in [0, 0.05) is 19.5 Å². The van der Waals surface area contributed by atoms with Crippen molar-refractivity contribution in [2.24, 2.45) is 5.73 Å². The number of nitrogens with two attached hydrogens (primary N) is 1. The molecule has 1 aliphatic heterocycles. The highest BCUT2D eigenvalue weighted by Gasteiger charge is 2.24. The van der Waals surface area contributed by atoms with Crippen LogP contribution in [-0.2, 0) is 9.53 Å². The molecule has 1 aliphatic rings. The van der Waals surface area contributed by atoms with E-state index in [4.69, 9.17) is 10.5 Å². The van der Waals surface area contributed by atoms with E-state index in [1.165, 1.54) is 12.1 Å². The molecular formula is C17H24FN3O3. The van der Waals surface area contributed by atoms with E-state index in [0.717, 1.165) is 24.8 Å². The van der Waals surface area contributed by atoms with Gasteiger partial charge >= 0.3 is 6.03 Å². The molecule has 1 saturated heterocycles. The number of carbonyl (C=O) groups is 2. The molecule has 1 aromatic carbocycles. The standard InChI is InChI=1S/C17H24FN3O3/c18-14-7-5-13(6-8-14)15-12-21(10-11-24-15)16(22)4-2-1-3-9-20-17(19)23/h5-8,15H,1-4,9-12H2,(H3,19,20,23). The molecule has 0 aromatic heterocycles. The molecule has 1 aromatic rings. The van der Waals surface area contributed by atoms with Crippen molar-refractivity contribution < 1.29 is 18.7 Å². The second-order valence-electron chi connectivity index (χ2n) is 5.85. The number of amides is 3. The van der Waals surface area contributed by atoms with E-state index >= 15 is 0 Å². The fraction of sp³-hybridized carbons (Fsp3) is 0.529. The normalized spacial score (nSPS) is 17.5. The number of hydrogen-bond acceptors (Lipinski definition) is 3. The van der Waals surface area contributed by atoms with Crippen LogP contribution in [0.25, 0.3) is 0 Å². The number of hydrogen-bond donors (Lipinski definition) is 2. The smallest absolute Gasteiger partial charge is 0.312 e. The van der Waals surface area contributed by atoms with Gasteiger partial charge in [-0.15, -0.1) is 0 Å². The van der Waals surface area contributed by atoms with Crippen molar-refractivity contribution in [2.45, 2.75) is 31.8 Å². The number of unbranched alkanes of at least 4 members (excludes halogenated alkanes) is 2. The molecule has 132 valence electrons. The van der Waals surface area contributed by atoms with Crippen molar-refractivity contribution in [3.63, 3.8) is 0 Å². The fourth-order valence-corrected chi connectivity index (χ4v) is 2.70. The SMILES string of the molecule is NC(=O)NCCCCCC(=O)N1CCOC(c2ccc(F)cc2)C1. The molecule has 7 heteroatoms.